The molecule has 1 aliphatic heterocycles. The van der Waals surface area contributed by atoms with Crippen LogP contribution in [0.15, 0.2) is 97.3 Å². The first-order valence-electron chi connectivity index (χ1n) is 14.5. The molecular weight excluding hydrogens is 526 g/mol. The number of likely N-dealkylation sites (N-methyl/N-ethyl adjacent to an activating group) is 1. The Balaban J connectivity index is 1.11. The Kier molecular flexibility index (Phi) is 10.4. The number of hydrogen-bond donors (Lipinski definition) is 2. The minimum absolute atomic E-state index is 0.271. The van der Waals surface area contributed by atoms with Crippen LogP contribution in [-0.4, -0.2) is 73.8 Å². The van der Waals surface area contributed by atoms with Gasteiger partial charge in [-0.2, -0.15) is 0 Å². The van der Waals surface area contributed by atoms with Crippen LogP contribution in [0.5, 0.6) is 11.5 Å². The molecule has 4 aromatic rings. The molecule has 0 spiro atoms. The van der Waals surface area contributed by atoms with Crippen molar-refractivity contribution in [1.29, 1.82) is 0 Å². The van der Waals surface area contributed by atoms with Gasteiger partial charge < -0.3 is 25.0 Å². The van der Waals surface area contributed by atoms with Crippen molar-refractivity contribution in [3.8, 4) is 22.6 Å². The van der Waals surface area contributed by atoms with Crippen LogP contribution in [0.4, 0.5) is 10.5 Å². The van der Waals surface area contributed by atoms with E-state index in [0.717, 1.165) is 67.3 Å². The summed E-state index contributed by atoms with van der Waals surface area (Å²) in [4.78, 5) is 21.1. The molecule has 8 nitrogen and oxygen atoms in total. The van der Waals surface area contributed by atoms with E-state index in [4.69, 9.17) is 9.47 Å². The van der Waals surface area contributed by atoms with Gasteiger partial charge in [-0.15, -0.1) is 0 Å². The van der Waals surface area contributed by atoms with Crippen LogP contribution in [0.25, 0.3) is 11.1 Å². The summed E-state index contributed by atoms with van der Waals surface area (Å²) in [6.07, 6.45) is 4.19. The van der Waals surface area contributed by atoms with Crippen LogP contribution in [0.1, 0.15) is 11.1 Å². The van der Waals surface area contributed by atoms with Crippen LogP contribution >= 0.6 is 0 Å². The van der Waals surface area contributed by atoms with E-state index in [1.54, 1.807) is 12.4 Å². The lowest BCUT2D eigenvalue weighted by Gasteiger charge is -2.32. The lowest BCUT2D eigenvalue weighted by Crippen LogP contribution is -2.45. The highest BCUT2D eigenvalue weighted by atomic mass is 16.5. The third-order valence-electron chi connectivity index (χ3n) is 7.38. The zero-order valence-electron chi connectivity index (χ0n) is 24.2. The normalized spacial score (nSPS) is 13.8. The van der Waals surface area contributed by atoms with Gasteiger partial charge in [-0.3, -0.25) is 9.88 Å². The molecular formula is C34H39N5O3. The van der Waals surface area contributed by atoms with Gasteiger partial charge in [0, 0.05) is 69.3 Å². The number of amides is 2. The number of aromatic nitrogens is 1. The Labute approximate surface area is 248 Å². The number of carbonyl (C=O) groups excluding carboxylic acids is 1. The molecule has 2 N–H and O–H groups in total. The highest BCUT2D eigenvalue weighted by Gasteiger charge is 2.15. The number of pyridine rings is 1. The van der Waals surface area contributed by atoms with Gasteiger partial charge in [0.15, 0.2) is 0 Å². The number of para-hydroxylation sites is 1. The van der Waals surface area contributed by atoms with Gasteiger partial charge in [0.2, 0.25) is 0 Å². The quantitative estimate of drug-likeness (QED) is 0.242. The zero-order valence-corrected chi connectivity index (χ0v) is 24.2. The van der Waals surface area contributed by atoms with E-state index in [0.29, 0.717) is 25.4 Å². The first kappa shape index (κ1) is 29.1. The summed E-state index contributed by atoms with van der Waals surface area (Å²) < 4.78 is 12.4. The second-order valence-corrected chi connectivity index (χ2v) is 10.4. The summed E-state index contributed by atoms with van der Waals surface area (Å²) >= 11 is 0. The highest BCUT2D eigenvalue weighted by molar-refractivity contribution is 5.89. The Morgan fingerprint density at radius 3 is 2.38 bits per heavy atom. The van der Waals surface area contributed by atoms with Crippen molar-refractivity contribution in [2.24, 2.45) is 0 Å². The summed E-state index contributed by atoms with van der Waals surface area (Å²) in [5.74, 6) is 1.66. The summed E-state index contributed by atoms with van der Waals surface area (Å²) in [6.45, 7) is 6.94. The SMILES string of the molecule is CN1CCN(CCOc2ccccc2-c2ccccc2CCOc2ccc(NC(=O)NCc3cccnc3)cc2)CC1. The van der Waals surface area contributed by atoms with Crippen molar-refractivity contribution in [3.05, 3.63) is 108 Å². The van der Waals surface area contributed by atoms with Crippen LogP contribution in [-0.2, 0) is 13.0 Å². The Morgan fingerprint density at radius 2 is 1.60 bits per heavy atom. The number of carbonyl (C=O) groups is 1. The molecule has 0 radical (unpaired) electrons. The van der Waals surface area contributed by atoms with Gasteiger partial charge in [-0.05, 0) is 60.1 Å². The molecule has 42 heavy (non-hydrogen) atoms. The standard InChI is InChI=1S/C34H39N5O3/c1-38-18-20-39(21-19-38)22-24-42-33-11-5-4-10-32(33)31-9-3-2-8-28(31)16-23-41-30-14-12-29(13-15-30)37-34(40)36-26-27-7-6-17-35-25-27/h2-15,17,25H,16,18-24,26H2,1H3,(H2,36,37,40). The lowest BCUT2D eigenvalue weighted by atomic mass is 9.97. The van der Waals surface area contributed by atoms with Gasteiger partial charge in [-0.25, -0.2) is 4.79 Å². The predicted octanol–water partition coefficient (Wildman–Crippen LogP) is 5.32. The van der Waals surface area contributed by atoms with Crippen LogP contribution in [0, 0.1) is 0 Å². The maximum Gasteiger partial charge on any atom is 0.319 e. The Hall–Kier alpha value is -4.40. The molecule has 2 amide bonds. The molecule has 8 heteroatoms. The molecule has 5 rings (SSSR count). The molecule has 1 saturated heterocycles. The largest absolute Gasteiger partial charge is 0.493 e. The van der Waals surface area contributed by atoms with Crippen molar-refractivity contribution in [2.45, 2.75) is 13.0 Å². The smallest absolute Gasteiger partial charge is 0.319 e. The van der Waals surface area contributed by atoms with Gasteiger partial charge >= 0.3 is 6.03 Å². The van der Waals surface area contributed by atoms with Gasteiger partial charge in [0.1, 0.15) is 18.1 Å². The predicted molar refractivity (Wildman–Crippen MR) is 167 cm³/mol. The number of benzene rings is 3. The van der Waals surface area contributed by atoms with Gasteiger partial charge in [0.25, 0.3) is 0 Å². The number of ether oxygens (including phenoxy) is 2. The van der Waals surface area contributed by atoms with Crippen LogP contribution < -0.4 is 20.1 Å². The van der Waals surface area contributed by atoms with Crippen molar-refractivity contribution in [3.63, 3.8) is 0 Å². The first-order valence-corrected chi connectivity index (χ1v) is 14.5. The van der Waals surface area contributed by atoms with Crippen molar-refractivity contribution >= 4 is 11.7 Å². The number of hydrogen-bond acceptors (Lipinski definition) is 6. The second kappa shape index (κ2) is 15.0. The van der Waals surface area contributed by atoms with E-state index in [1.165, 1.54) is 5.56 Å². The third kappa shape index (κ3) is 8.55. The van der Waals surface area contributed by atoms with E-state index in [2.05, 4.69) is 74.9 Å². The van der Waals surface area contributed by atoms with Crippen LogP contribution in [0.2, 0.25) is 0 Å². The maximum atomic E-state index is 12.2. The van der Waals surface area contributed by atoms with Crippen LogP contribution in [0.3, 0.4) is 0 Å². The number of urea groups is 1. The van der Waals surface area contributed by atoms with E-state index >= 15 is 0 Å². The topological polar surface area (TPSA) is 79.0 Å². The Bertz CT molecular complexity index is 1410. The number of nitrogens with zero attached hydrogens (tertiary/aromatic N) is 3. The average Bonchev–Trinajstić information content (AvgIpc) is 3.03. The summed E-state index contributed by atoms with van der Waals surface area (Å²) in [5, 5.41) is 5.68. The second-order valence-electron chi connectivity index (χ2n) is 10.4. The van der Waals surface area contributed by atoms with E-state index < -0.39 is 0 Å². The number of piperazine rings is 1. The summed E-state index contributed by atoms with van der Waals surface area (Å²) in [6, 6.07) is 27.6. The summed E-state index contributed by atoms with van der Waals surface area (Å²) in [5.41, 5.74) is 5.10. The monoisotopic (exact) mass is 565 g/mol. The fourth-order valence-corrected chi connectivity index (χ4v) is 4.95. The van der Waals surface area contributed by atoms with E-state index in [9.17, 15) is 4.79 Å². The fraction of sp³-hybridized carbons (Fsp3) is 0.294. The molecule has 1 aromatic heterocycles. The highest BCUT2D eigenvalue weighted by Crippen LogP contribution is 2.32. The minimum Gasteiger partial charge on any atom is -0.493 e. The van der Waals surface area contributed by atoms with Gasteiger partial charge in [0.05, 0.1) is 6.61 Å². The third-order valence-corrected chi connectivity index (χ3v) is 7.38. The van der Waals surface area contributed by atoms with Crippen molar-refractivity contribution in [2.75, 3.05) is 58.3 Å². The number of nitrogens with one attached hydrogen (secondary N) is 2. The minimum atomic E-state index is -0.271. The maximum absolute atomic E-state index is 12.2. The zero-order chi connectivity index (χ0) is 29.0. The number of anilines is 1. The average molecular weight is 566 g/mol. The van der Waals surface area contributed by atoms with E-state index in [1.807, 2.05) is 42.5 Å². The molecule has 1 fully saturated rings. The molecule has 0 unspecified atom stereocenters. The van der Waals surface area contributed by atoms with E-state index in [-0.39, 0.29) is 6.03 Å². The molecule has 2 heterocycles. The first-order chi connectivity index (χ1) is 20.6. The molecule has 0 aliphatic carbocycles. The molecule has 218 valence electrons. The Morgan fingerprint density at radius 1 is 0.833 bits per heavy atom. The molecule has 3 aromatic carbocycles. The molecule has 0 saturated carbocycles. The molecule has 0 atom stereocenters. The fourth-order valence-electron chi connectivity index (χ4n) is 4.95. The summed E-state index contributed by atoms with van der Waals surface area (Å²) in [7, 11) is 2.18. The molecule has 0 bridgehead atoms. The number of rotatable bonds is 12. The molecule has 1 aliphatic rings. The van der Waals surface area contributed by atoms with Crippen molar-refractivity contribution in [1.82, 2.24) is 20.1 Å². The van der Waals surface area contributed by atoms with Gasteiger partial charge in [-0.1, -0.05) is 48.5 Å². The van der Waals surface area contributed by atoms with Crippen molar-refractivity contribution < 1.29 is 14.3 Å². The lowest BCUT2D eigenvalue weighted by molar-refractivity contribution is 0.134.